The second-order valence-electron chi connectivity index (χ2n) is 5.26. The van der Waals surface area contributed by atoms with Crippen LogP contribution in [0.4, 0.5) is 0 Å². The Kier molecular flexibility index (Phi) is 4.14. The Bertz CT molecular complexity index is 483. The van der Waals surface area contributed by atoms with Gasteiger partial charge in [-0.3, -0.25) is 4.72 Å². The summed E-state index contributed by atoms with van der Waals surface area (Å²) in [6.45, 7) is 8.83. The molecular formula is C13H19N3S2. The maximum Gasteiger partial charge on any atom is 0.0924 e. The van der Waals surface area contributed by atoms with Gasteiger partial charge in [-0.2, -0.15) is 0 Å². The average Bonchev–Trinajstić information content (AvgIpc) is 2.94. The van der Waals surface area contributed by atoms with E-state index in [0.717, 1.165) is 5.69 Å². The number of nitrogens with one attached hydrogen (secondary N) is 2. The van der Waals surface area contributed by atoms with E-state index in [2.05, 4.69) is 53.8 Å². The summed E-state index contributed by atoms with van der Waals surface area (Å²) < 4.78 is 3.73. The van der Waals surface area contributed by atoms with Gasteiger partial charge in [0.15, 0.2) is 0 Å². The second kappa shape index (κ2) is 5.47. The van der Waals surface area contributed by atoms with E-state index in [1.165, 1.54) is 10.4 Å². The molecule has 2 aromatic rings. The molecule has 0 aliphatic carbocycles. The molecule has 2 heterocycles. The van der Waals surface area contributed by atoms with Crippen LogP contribution in [0, 0.1) is 0 Å². The van der Waals surface area contributed by atoms with E-state index in [-0.39, 0.29) is 4.75 Å². The highest BCUT2D eigenvalue weighted by Crippen LogP contribution is 2.30. The highest BCUT2D eigenvalue weighted by molar-refractivity contribution is 7.98. The molecule has 0 aliphatic heterocycles. The fraction of sp³-hybridized carbons (Fsp3) is 0.462. The van der Waals surface area contributed by atoms with Gasteiger partial charge >= 0.3 is 0 Å². The number of rotatable bonds is 4. The molecule has 0 unspecified atom stereocenters. The van der Waals surface area contributed by atoms with E-state index in [9.17, 15) is 0 Å². The molecular weight excluding hydrogens is 262 g/mol. The Morgan fingerprint density at radius 2 is 2.22 bits per heavy atom. The number of aromatic nitrogens is 2. The highest BCUT2D eigenvalue weighted by atomic mass is 32.2. The van der Waals surface area contributed by atoms with Crippen molar-refractivity contribution in [3.63, 3.8) is 0 Å². The van der Waals surface area contributed by atoms with Crippen LogP contribution in [-0.2, 0) is 0 Å². The average molecular weight is 281 g/mol. The third-order valence-electron chi connectivity index (χ3n) is 2.40. The minimum atomic E-state index is 0.234. The van der Waals surface area contributed by atoms with Crippen LogP contribution in [0.2, 0.25) is 0 Å². The monoisotopic (exact) mass is 281 g/mol. The summed E-state index contributed by atoms with van der Waals surface area (Å²) in [6.07, 6.45) is 3.57. The predicted octanol–water partition coefficient (Wildman–Crippen LogP) is 4.24. The molecule has 0 aromatic carbocycles. The lowest BCUT2D eigenvalue weighted by molar-refractivity contribution is 0.734. The van der Waals surface area contributed by atoms with E-state index in [1.807, 2.05) is 6.20 Å². The highest BCUT2D eigenvalue weighted by Gasteiger charge is 2.15. The van der Waals surface area contributed by atoms with Gasteiger partial charge in [-0.05, 0) is 33.8 Å². The van der Waals surface area contributed by atoms with Gasteiger partial charge in [0.2, 0.25) is 0 Å². The minimum Gasteiger partial charge on any atom is -0.345 e. The maximum atomic E-state index is 4.05. The first-order chi connectivity index (χ1) is 8.46. The second-order valence-corrected chi connectivity index (χ2v) is 7.86. The molecule has 2 aromatic heterocycles. The van der Waals surface area contributed by atoms with Crippen LogP contribution >= 0.6 is 23.3 Å². The molecule has 0 aliphatic rings. The predicted molar refractivity (Wildman–Crippen MR) is 80.8 cm³/mol. The Morgan fingerprint density at radius 3 is 2.83 bits per heavy atom. The van der Waals surface area contributed by atoms with Crippen LogP contribution in [0.5, 0.6) is 0 Å². The first kappa shape index (κ1) is 13.6. The van der Waals surface area contributed by atoms with Crippen molar-refractivity contribution in [3.05, 3.63) is 28.8 Å². The van der Waals surface area contributed by atoms with E-state index >= 15 is 0 Å². The standard InChI is InChI=1S/C13H19N3S2/c1-9(16-18-13(2,3)4)12-5-10(7-17-12)11-6-14-8-15-11/h5-9,16H,1-4H3,(H,14,15)/t9-/m1/s1. The van der Waals surface area contributed by atoms with Crippen molar-refractivity contribution in [2.75, 3.05) is 0 Å². The van der Waals surface area contributed by atoms with Gasteiger partial charge in [0, 0.05) is 26.6 Å². The summed E-state index contributed by atoms with van der Waals surface area (Å²) in [4.78, 5) is 8.53. The summed E-state index contributed by atoms with van der Waals surface area (Å²) in [5.41, 5.74) is 2.29. The van der Waals surface area contributed by atoms with E-state index in [1.54, 1.807) is 29.6 Å². The van der Waals surface area contributed by atoms with E-state index in [0.29, 0.717) is 6.04 Å². The van der Waals surface area contributed by atoms with Crippen LogP contribution in [0.1, 0.15) is 38.6 Å². The van der Waals surface area contributed by atoms with Crippen molar-refractivity contribution >= 4 is 23.3 Å². The third-order valence-corrected chi connectivity index (χ3v) is 4.60. The van der Waals surface area contributed by atoms with Crippen LogP contribution in [-0.4, -0.2) is 14.7 Å². The molecule has 2 rings (SSSR count). The van der Waals surface area contributed by atoms with Gasteiger partial charge in [-0.1, -0.05) is 11.9 Å². The number of H-pyrrole nitrogens is 1. The molecule has 0 amide bonds. The lowest BCUT2D eigenvalue weighted by Crippen LogP contribution is -2.19. The molecule has 3 nitrogen and oxygen atoms in total. The third kappa shape index (κ3) is 3.60. The summed E-state index contributed by atoms with van der Waals surface area (Å²) >= 11 is 3.56. The molecule has 0 saturated carbocycles. The maximum absolute atomic E-state index is 4.05. The molecule has 0 saturated heterocycles. The Labute approximate surface area is 117 Å². The van der Waals surface area contributed by atoms with Crippen molar-refractivity contribution in [3.8, 4) is 11.3 Å². The van der Waals surface area contributed by atoms with E-state index < -0.39 is 0 Å². The lowest BCUT2D eigenvalue weighted by atomic mass is 10.2. The first-order valence-corrected chi connectivity index (χ1v) is 7.66. The topological polar surface area (TPSA) is 40.7 Å². The molecule has 0 radical (unpaired) electrons. The minimum absolute atomic E-state index is 0.234. The first-order valence-electron chi connectivity index (χ1n) is 5.96. The lowest BCUT2D eigenvalue weighted by Gasteiger charge is -2.21. The van der Waals surface area contributed by atoms with Gasteiger partial charge < -0.3 is 4.98 Å². The van der Waals surface area contributed by atoms with Crippen LogP contribution < -0.4 is 4.72 Å². The number of hydrogen-bond acceptors (Lipinski definition) is 4. The number of hydrogen-bond donors (Lipinski definition) is 2. The van der Waals surface area contributed by atoms with Crippen LogP contribution in [0.15, 0.2) is 24.0 Å². The van der Waals surface area contributed by atoms with Crippen LogP contribution in [0.25, 0.3) is 11.3 Å². The normalized spacial score (nSPS) is 13.8. The van der Waals surface area contributed by atoms with Gasteiger partial charge in [-0.15, -0.1) is 11.3 Å². The van der Waals surface area contributed by atoms with Crippen molar-refractivity contribution in [1.82, 2.24) is 14.7 Å². The zero-order chi connectivity index (χ0) is 13.2. The Hall–Kier alpha value is -0.780. The van der Waals surface area contributed by atoms with Crippen LogP contribution in [0.3, 0.4) is 0 Å². The molecule has 1 atom stereocenters. The SMILES string of the molecule is C[C@@H](NSC(C)(C)C)c1cc(-c2cnc[nH]2)cs1. The Balaban J connectivity index is 2.02. The van der Waals surface area contributed by atoms with Crippen molar-refractivity contribution in [2.24, 2.45) is 0 Å². The molecule has 2 N–H and O–H groups in total. The molecule has 0 fully saturated rings. The van der Waals surface area contributed by atoms with Crippen molar-refractivity contribution in [1.29, 1.82) is 0 Å². The zero-order valence-corrected chi connectivity index (χ0v) is 12.8. The zero-order valence-electron chi connectivity index (χ0n) is 11.2. The Morgan fingerprint density at radius 1 is 1.44 bits per heavy atom. The number of aromatic amines is 1. The quantitative estimate of drug-likeness (QED) is 0.824. The molecule has 98 valence electrons. The molecule has 0 bridgehead atoms. The molecule has 0 spiro atoms. The van der Waals surface area contributed by atoms with Gasteiger partial charge in [0.25, 0.3) is 0 Å². The van der Waals surface area contributed by atoms with Gasteiger partial charge in [0.05, 0.1) is 18.2 Å². The number of thiophene rings is 1. The van der Waals surface area contributed by atoms with E-state index in [4.69, 9.17) is 0 Å². The fourth-order valence-corrected chi connectivity index (χ4v) is 3.11. The summed E-state index contributed by atoms with van der Waals surface area (Å²) in [7, 11) is 0. The smallest absolute Gasteiger partial charge is 0.0924 e. The summed E-state index contributed by atoms with van der Waals surface area (Å²) in [6, 6.07) is 2.58. The molecule has 18 heavy (non-hydrogen) atoms. The van der Waals surface area contributed by atoms with Crippen molar-refractivity contribution in [2.45, 2.75) is 38.5 Å². The van der Waals surface area contributed by atoms with Gasteiger partial charge in [-0.25, -0.2) is 4.98 Å². The largest absolute Gasteiger partial charge is 0.345 e. The fourth-order valence-electron chi connectivity index (χ4n) is 1.46. The summed E-state index contributed by atoms with van der Waals surface area (Å²) in [5.74, 6) is 0. The van der Waals surface area contributed by atoms with Gasteiger partial charge in [0.1, 0.15) is 0 Å². The number of imidazole rings is 1. The summed E-state index contributed by atoms with van der Waals surface area (Å²) in [5, 5.41) is 2.17. The number of nitrogens with zero attached hydrogens (tertiary/aromatic N) is 1. The molecule has 5 heteroatoms. The van der Waals surface area contributed by atoms with Crippen molar-refractivity contribution < 1.29 is 0 Å².